The summed E-state index contributed by atoms with van der Waals surface area (Å²) in [5, 5.41) is 11.2. The standard InChI is InChI=1S/C18H24N4O2S/c1-13-10-14(22-24-13)11-25-17-15(4-3-7-20-17)16(23)21-12-18(2)5-8-19-9-6-18/h3-4,7,10,19H,5-6,8-9,11-12H2,1-2H3,(H,21,23). The monoisotopic (exact) mass is 360 g/mol. The first kappa shape index (κ1) is 17.9. The van der Waals surface area contributed by atoms with Gasteiger partial charge in [0, 0.05) is 24.6 Å². The molecule has 3 rings (SSSR count). The highest BCUT2D eigenvalue weighted by atomic mass is 32.2. The lowest BCUT2D eigenvalue weighted by atomic mass is 9.81. The highest BCUT2D eigenvalue weighted by molar-refractivity contribution is 7.98. The van der Waals surface area contributed by atoms with Crippen LogP contribution < -0.4 is 10.6 Å². The molecule has 0 atom stereocenters. The molecule has 1 fully saturated rings. The van der Waals surface area contributed by atoms with E-state index in [0.29, 0.717) is 17.9 Å². The molecule has 2 aromatic rings. The summed E-state index contributed by atoms with van der Waals surface area (Å²) in [5.41, 5.74) is 1.63. The van der Waals surface area contributed by atoms with Gasteiger partial charge in [-0.3, -0.25) is 4.79 Å². The molecule has 1 amide bonds. The average Bonchev–Trinajstić information content (AvgIpc) is 3.04. The minimum Gasteiger partial charge on any atom is -0.361 e. The third-order valence-corrected chi connectivity index (χ3v) is 5.57. The Morgan fingerprint density at radius 2 is 2.24 bits per heavy atom. The summed E-state index contributed by atoms with van der Waals surface area (Å²) in [7, 11) is 0. The van der Waals surface area contributed by atoms with Crippen molar-refractivity contribution in [2.45, 2.75) is 37.5 Å². The fourth-order valence-electron chi connectivity index (χ4n) is 2.90. The Kier molecular flexibility index (Phi) is 5.75. The maximum absolute atomic E-state index is 12.7. The Hall–Kier alpha value is -1.86. The second-order valence-corrected chi connectivity index (χ2v) is 7.78. The number of nitrogens with zero attached hydrogens (tertiary/aromatic N) is 2. The van der Waals surface area contributed by atoms with Crippen LogP contribution in [0.4, 0.5) is 0 Å². The van der Waals surface area contributed by atoms with E-state index in [1.807, 2.05) is 19.1 Å². The molecule has 1 saturated heterocycles. The van der Waals surface area contributed by atoms with Gasteiger partial charge in [-0.05, 0) is 50.4 Å². The van der Waals surface area contributed by atoms with Crippen LogP contribution in [0.2, 0.25) is 0 Å². The number of thioether (sulfide) groups is 1. The van der Waals surface area contributed by atoms with Crippen LogP contribution in [0.1, 0.15) is 41.6 Å². The Morgan fingerprint density at radius 1 is 1.44 bits per heavy atom. The van der Waals surface area contributed by atoms with Gasteiger partial charge >= 0.3 is 0 Å². The molecular formula is C18H24N4O2S. The molecule has 0 radical (unpaired) electrons. The van der Waals surface area contributed by atoms with E-state index < -0.39 is 0 Å². The van der Waals surface area contributed by atoms with Crippen molar-refractivity contribution in [2.24, 2.45) is 5.41 Å². The van der Waals surface area contributed by atoms with E-state index in [9.17, 15) is 4.79 Å². The van der Waals surface area contributed by atoms with Crippen molar-refractivity contribution in [1.29, 1.82) is 0 Å². The zero-order chi connectivity index (χ0) is 17.7. The highest BCUT2D eigenvalue weighted by Crippen LogP contribution is 2.28. The molecular weight excluding hydrogens is 336 g/mol. The maximum Gasteiger partial charge on any atom is 0.254 e. The molecule has 0 bridgehead atoms. The van der Waals surface area contributed by atoms with Crippen molar-refractivity contribution in [3.05, 3.63) is 41.4 Å². The van der Waals surface area contributed by atoms with Gasteiger partial charge in [0.25, 0.3) is 5.91 Å². The molecule has 2 N–H and O–H groups in total. The molecule has 25 heavy (non-hydrogen) atoms. The van der Waals surface area contributed by atoms with Gasteiger partial charge in [-0.25, -0.2) is 4.98 Å². The molecule has 3 heterocycles. The number of piperidine rings is 1. The molecule has 0 unspecified atom stereocenters. The maximum atomic E-state index is 12.7. The van der Waals surface area contributed by atoms with Crippen LogP contribution in [0.25, 0.3) is 0 Å². The first-order valence-electron chi connectivity index (χ1n) is 8.55. The summed E-state index contributed by atoms with van der Waals surface area (Å²) in [6, 6.07) is 5.52. The predicted molar refractivity (Wildman–Crippen MR) is 97.6 cm³/mol. The normalized spacial score (nSPS) is 16.6. The van der Waals surface area contributed by atoms with Gasteiger partial charge in [0.2, 0.25) is 0 Å². The van der Waals surface area contributed by atoms with Gasteiger partial charge in [-0.1, -0.05) is 23.8 Å². The first-order chi connectivity index (χ1) is 12.1. The molecule has 0 aliphatic carbocycles. The van der Waals surface area contributed by atoms with Crippen LogP contribution in [0.5, 0.6) is 0 Å². The summed E-state index contributed by atoms with van der Waals surface area (Å²) >= 11 is 1.50. The van der Waals surface area contributed by atoms with E-state index in [1.165, 1.54) is 11.8 Å². The van der Waals surface area contributed by atoms with Crippen LogP contribution in [-0.2, 0) is 5.75 Å². The lowest BCUT2D eigenvalue weighted by Crippen LogP contribution is -2.43. The molecule has 0 spiro atoms. The number of pyridine rings is 1. The number of hydrogen-bond donors (Lipinski definition) is 2. The Bertz CT molecular complexity index is 725. The van der Waals surface area contributed by atoms with Crippen molar-refractivity contribution >= 4 is 17.7 Å². The fourth-order valence-corrected chi connectivity index (χ4v) is 3.78. The zero-order valence-electron chi connectivity index (χ0n) is 14.7. The third kappa shape index (κ3) is 4.83. The van der Waals surface area contributed by atoms with Crippen LogP contribution in [0, 0.1) is 12.3 Å². The fraction of sp³-hybridized carbons (Fsp3) is 0.500. The van der Waals surface area contributed by atoms with E-state index in [-0.39, 0.29) is 11.3 Å². The summed E-state index contributed by atoms with van der Waals surface area (Å²) in [4.78, 5) is 17.0. The second-order valence-electron chi connectivity index (χ2n) is 6.82. The number of nitrogens with one attached hydrogen (secondary N) is 2. The van der Waals surface area contributed by atoms with Crippen LogP contribution >= 0.6 is 11.8 Å². The van der Waals surface area contributed by atoms with E-state index >= 15 is 0 Å². The van der Waals surface area contributed by atoms with Crippen LogP contribution in [0.15, 0.2) is 33.9 Å². The molecule has 7 heteroatoms. The van der Waals surface area contributed by atoms with E-state index in [1.54, 1.807) is 12.3 Å². The van der Waals surface area contributed by atoms with Crippen molar-refractivity contribution in [2.75, 3.05) is 19.6 Å². The Morgan fingerprint density at radius 3 is 2.96 bits per heavy atom. The minimum atomic E-state index is -0.0632. The zero-order valence-corrected chi connectivity index (χ0v) is 15.5. The smallest absolute Gasteiger partial charge is 0.254 e. The highest BCUT2D eigenvalue weighted by Gasteiger charge is 2.27. The number of amides is 1. The molecule has 2 aromatic heterocycles. The average molecular weight is 360 g/mol. The Labute approximate surface area is 152 Å². The van der Waals surface area contributed by atoms with Gasteiger partial charge in [0.05, 0.1) is 11.3 Å². The summed E-state index contributed by atoms with van der Waals surface area (Å²) in [6.07, 6.45) is 3.86. The van der Waals surface area contributed by atoms with Crippen molar-refractivity contribution < 1.29 is 9.32 Å². The van der Waals surface area contributed by atoms with Gasteiger partial charge in [0.1, 0.15) is 10.8 Å². The predicted octanol–water partition coefficient (Wildman–Crippen LogP) is 2.79. The molecule has 1 aliphatic rings. The number of rotatable bonds is 6. The molecule has 6 nitrogen and oxygen atoms in total. The number of carbonyl (C=O) groups excluding carboxylic acids is 1. The lowest BCUT2D eigenvalue weighted by Gasteiger charge is -2.34. The summed E-state index contributed by atoms with van der Waals surface area (Å²) in [5.74, 6) is 1.34. The minimum absolute atomic E-state index is 0.0632. The molecule has 1 aliphatic heterocycles. The van der Waals surface area contributed by atoms with E-state index in [0.717, 1.165) is 42.4 Å². The number of hydrogen-bond acceptors (Lipinski definition) is 6. The largest absolute Gasteiger partial charge is 0.361 e. The van der Waals surface area contributed by atoms with Gasteiger partial charge < -0.3 is 15.2 Å². The first-order valence-corrected chi connectivity index (χ1v) is 9.53. The SMILES string of the molecule is Cc1cc(CSc2ncccc2C(=O)NCC2(C)CCNCC2)no1. The summed E-state index contributed by atoms with van der Waals surface area (Å²) < 4.78 is 5.08. The van der Waals surface area contributed by atoms with Crippen LogP contribution in [-0.4, -0.2) is 35.7 Å². The topological polar surface area (TPSA) is 80.0 Å². The third-order valence-electron chi connectivity index (χ3n) is 4.54. The number of aryl methyl sites for hydroxylation is 1. The quantitative estimate of drug-likeness (QED) is 0.771. The number of aromatic nitrogens is 2. The van der Waals surface area contributed by atoms with E-state index in [2.05, 4.69) is 27.7 Å². The van der Waals surface area contributed by atoms with Gasteiger partial charge in [-0.15, -0.1) is 0 Å². The summed E-state index contributed by atoms with van der Waals surface area (Å²) in [6.45, 7) is 6.81. The lowest BCUT2D eigenvalue weighted by molar-refractivity contribution is 0.0918. The van der Waals surface area contributed by atoms with Crippen molar-refractivity contribution in [3.63, 3.8) is 0 Å². The van der Waals surface area contributed by atoms with E-state index in [4.69, 9.17) is 4.52 Å². The van der Waals surface area contributed by atoms with Crippen LogP contribution in [0.3, 0.4) is 0 Å². The van der Waals surface area contributed by atoms with Gasteiger partial charge in [-0.2, -0.15) is 0 Å². The number of carbonyl (C=O) groups is 1. The molecule has 0 saturated carbocycles. The Balaban J connectivity index is 1.62. The van der Waals surface area contributed by atoms with Gasteiger partial charge in [0.15, 0.2) is 0 Å². The second kappa shape index (κ2) is 8.01. The molecule has 134 valence electrons. The van der Waals surface area contributed by atoms with Crippen molar-refractivity contribution in [3.8, 4) is 0 Å². The molecule has 0 aromatic carbocycles. The van der Waals surface area contributed by atoms with Crippen molar-refractivity contribution in [1.82, 2.24) is 20.8 Å².